The van der Waals surface area contributed by atoms with E-state index in [2.05, 4.69) is 54.7 Å². The summed E-state index contributed by atoms with van der Waals surface area (Å²) >= 11 is 0. The van der Waals surface area contributed by atoms with E-state index in [-0.39, 0.29) is 0 Å². The third kappa shape index (κ3) is 5.90. The van der Waals surface area contributed by atoms with Crippen molar-refractivity contribution in [3.05, 3.63) is 60.2 Å². The van der Waals surface area contributed by atoms with E-state index in [1.54, 1.807) is 0 Å². The van der Waals surface area contributed by atoms with E-state index < -0.39 is 0 Å². The first-order valence-corrected chi connectivity index (χ1v) is 7.89. The van der Waals surface area contributed by atoms with Crippen LogP contribution in [0.2, 0.25) is 0 Å². The molecule has 2 heteroatoms. The maximum absolute atomic E-state index is 5.66. The molecule has 0 amide bonds. The topological polar surface area (TPSA) is 21.3 Å². The van der Waals surface area contributed by atoms with Gasteiger partial charge in [-0.15, -0.1) is 0 Å². The molecule has 0 fully saturated rings. The average Bonchev–Trinajstić information content (AvgIpc) is 2.54. The fourth-order valence-electron chi connectivity index (χ4n) is 2.17. The van der Waals surface area contributed by atoms with Crippen LogP contribution >= 0.6 is 0 Å². The van der Waals surface area contributed by atoms with Gasteiger partial charge in [-0.05, 0) is 49.1 Å². The highest BCUT2D eigenvalue weighted by Gasteiger charge is 1.96. The van der Waals surface area contributed by atoms with Crippen LogP contribution in [0.1, 0.15) is 31.7 Å². The Hall–Kier alpha value is -1.96. The highest BCUT2D eigenvalue weighted by Crippen LogP contribution is 2.16. The smallest absolute Gasteiger partial charge is 0.119 e. The molecule has 0 radical (unpaired) electrons. The van der Waals surface area contributed by atoms with Gasteiger partial charge in [0.05, 0.1) is 6.61 Å². The van der Waals surface area contributed by atoms with Gasteiger partial charge in [-0.2, -0.15) is 0 Å². The van der Waals surface area contributed by atoms with Gasteiger partial charge in [0.1, 0.15) is 5.75 Å². The van der Waals surface area contributed by atoms with E-state index >= 15 is 0 Å². The number of ether oxygens (including phenoxy) is 1. The molecule has 0 heterocycles. The highest BCUT2D eigenvalue weighted by atomic mass is 16.5. The Morgan fingerprint density at radius 3 is 2.38 bits per heavy atom. The summed E-state index contributed by atoms with van der Waals surface area (Å²) in [6.07, 6.45) is 4.53. The van der Waals surface area contributed by atoms with E-state index in [1.165, 1.54) is 12.0 Å². The Morgan fingerprint density at radius 2 is 1.67 bits per heavy atom. The predicted molar refractivity (Wildman–Crippen MR) is 90.1 cm³/mol. The van der Waals surface area contributed by atoms with E-state index in [1.807, 2.05) is 12.1 Å². The first-order valence-electron chi connectivity index (χ1n) is 7.89. The first kappa shape index (κ1) is 15.4. The van der Waals surface area contributed by atoms with Gasteiger partial charge >= 0.3 is 0 Å². The molecule has 0 saturated carbocycles. The molecule has 21 heavy (non-hydrogen) atoms. The number of unbranched alkanes of at least 4 members (excludes halogenated alkanes) is 1. The molecule has 0 saturated heterocycles. The van der Waals surface area contributed by atoms with Crippen molar-refractivity contribution in [3.63, 3.8) is 0 Å². The molecular formula is C19H25NO. The molecule has 2 rings (SSSR count). The monoisotopic (exact) mass is 283 g/mol. The van der Waals surface area contributed by atoms with Crippen LogP contribution in [0, 0.1) is 0 Å². The third-order valence-corrected chi connectivity index (χ3v) is 3.44. The van der Waals surface area contributed by atoms with Gasteiger partial charge in [-0.3, -0.25) is 0 Å². The van der Waals surface area contributed by atoms with Crippen LogP contribution in [0.15, 0.2) is 54.6 Å². The van der Waals surface area contributed by atoms with Crippen molar-refractivity contribution in [2.24, 2.45) is 0 Å². The van der Waals surface area contributed by atoms with Crippen molar-refractivity contribution in [2.75, 3.05) is 18.5 Å². The fourth-order valence-corrected chi connectivity index (χ4v) is 2.17. The summed E-state index contributed by atoms with van der Waals surface area (Å²) in [5.41, 5.74) is 2.56. The SMILES string of the molecule is CCCCOc1ccc(NCCCc2ccccc2)cc1. The van der Waals surface area contributed by atoms with E-state index in [0.29, 0.717) is 0 Å². The highest BCUT2D eigenvalue weighted by molar-refractivity contribution is 5.46. The number of hydrogen-bond donors (Lipinski definition) is 1. The lowest BCUT2D eigenvalue weighted by molar-refractivity contribution is 0.309. The third-order valence-electron chi connectivity index (χ3n) is 3.44. The van der Waals surface area contributed by atoms with Crippen molar-refractivity contribution in [3.8, 4) is 5.75 Å². The van der Waals surface area contributed by atoms with Crippen LogP contribution in [0.5, 0.6) is 5.75 Å². The zero-order chi connectivity index (χ0) is 14.8. The van der Waals surface area contributed by atoms with Crippen molar-refractivity contribution in [2.45, 2.75) is 32.6 Å². The summed E-state index contributed by atoms with van der Waals surface area (Å²) in [5, 5.41) is 3.45. The second kappa shape index (κ2) is 9.06. The van der Waals surface area contributed by atoms with Gasteiger partial charge in [0, 0.05) is 12.2 Å². The Labute approximate surface area is 128 Å². The van der Waals surface area contributed by atoms with E-state index in [0.717, 1.165) is 43.9 Å². The number of nitrogens with one attached hydrogen (secondary N) is 1. The molecule has 2 aromatic carbocycles. The van der Waals surface area contributed by atoms with Gasteiger partial charge < -0.3 is 10.1 Å². The molecule has 2 nitrogen and oxygen atoms in total. The van der Waals surface area contributed by atoms with Gasteiger partial charge in [-0.1, -0.05) is 43.7 Å². The molecule has 0 aromatic heterocycles. The molecule has 0 bridgehead atoms. The number of rotatable bonds is 9. The molecule has 0 aliphatic heterocycles. The minimum atomic E-state index is 0.806. The Morgan fingerprint density at radius 1 is 0.905 bits per heavy atom. The van der Waals surface area contributed by atoms with Crippen LogP contribution in [0.25, 0.3) is 0 Å². The van der Waals surface area contributed by atoms with Crippen LogP contribution in [-0.4, -0.2) is 13.2 Å². The van der Waals surface area contributed by atoms with Gasteiger partial charge in [0.15, 0.2) is 0 Å². The molecular weight excluding hydrogens is 258 g/mol. The summed E-state index contributed by atoms with van der Waals surface area (Å²) in [5.74, 6) is 0.957. The Kier molecular flexibility index (Phi) is 6.66. The lowest BCUT2D eigenvalue weighted by Crippen LogP contribution is -2.03. The first-order chi connectivity index (χ1) is 10.4. The minimum Gasteiger partial charge on any atom is -0.494 e. The molecule has 0 unspecified atom stereocenters. The molecule has 1 N–H and O–H groups in total. The largest absolute Gasteiger partial charge is 0.494 e. The second-order valence-corrected chi connectivity index (χ2v) is 5.24. The molecule has 112 valence electrons. The lowest BCUT2D eigenvalue weighted by atomic mass is 10.1. The van der Waals surface area contributed by atoms with Crippen molar-refractivity contribution >= 4 is 5.69 Å². The van der Waals surface area contributed by atoms with Gasteiger partial charge in [-0.25, -0.2) is 0 Å². The summed E-state index contributed by atoms with van der Waals surface area (Å²) in [7, 11) is 0. The number of benzene rings is 2. The predicted octanol–water partition coefficient (Wildman–Crippen LogP) is 4.91. The summed E-state index contributed by atoms with van der Waals surface area (Å²) in [4.78, 5) is 0. The van der Waals surface area contributed by atoms with Crippen LogP contribution in [0.3, 0.4) is 0 Å². The van der Waals surface area contributed by atoms with E-state index in [9.17, 15) is 0 Å². The maximum atomic E-state index is 5.66. The normalized spacial score (nSPS) is 10.3. The molecule has 0 atom stereocenters. The number of aryl methyl sites for hydroxylation is 1. The summed E-state index contributed by atoms with van der Waals surface area (Å²) in [6, 6.07) is 18.9. The number of hydrogen-bond acceptors (Lipinski definition) is 2. The zero-order valence-corrected chi connectivity index (χ0v) is 12.8. The molecule has 2 aromatic rings. The lowest BCUT2D eigenvalue weighted by Gasteiger charge is -2.09. The second-order valence-electron chi connectivity index (χ2n) is 5.24. The quantitative estimate of drug-likeness (QED) is 0.660. The van der Waals surface area contributed by atoms with Crippen molar-refractivity contribution < 1.29 is 4.74 Å². The summed E-state index contributed by atoms with van der Waals surface area (Å²) in [6.45, 7) is 3.97. The average molecular weight is 283 g/mol. The standard InChI is InChI=1S/C19H25NO/c1-2-3-16-21-19-13-11-18(12-14-19)20-15-7-10-17-8-5-4-6-9-17/h4-6,8-9,11-14,20H,2-3,7,10,15-16H2,1H3. The van der Waals surface area contributed by atoms with Crippen molar-refractivity contribution in [1.82, 2.24) is 0 Å². The molecule has 0 aliphatic carbocycles. The Bertz CT molecular complexity index is 493. The summed E-state index contributed by atoms with van der Waals surface area (Å²) < 4.78 is 5.66. The molecule has 0 aliphatic rings. The van der Waals surface area contributed by atoms with Gasteiger partial charge in [0.2, 0.25) is 0 Å². The maximum Gasteiger partial charge on any atom is 0.119 e. The van der Waals surface area contributed by atoms with Crippen LogP contribution in [-0.2, 0) is 6.42 Å². The minimum absolute atomic E-state index is 0.806. The zero-order valence-electron chi connectivity index (χ0n) is 12.8. The van der Waals surface area contributed by atoms with Crippen molar-refractivity contribution in [1.29, 1.82) is 0 Å². The fraction of sp³-hybridized carbons (Fsp3) is 0.368. The van der Waals surface area contributed by atoms with Crippen LogP contribution < -0.4 is 10.1 Å². The Balaban J connectivity index is 1.66. The van der Waals surface area contributed by atoms with Gasteiger partial charge in [0.25, 0.3) is 0 Å². The molecule has 0 spiro atoms. The number of anilines is 1. The van der Waals surface area contributed by atoms with E-state index in [4.69, 9.17) is 4.74 Å². The van der Waals surface area contributed by atoms with Crippen LogP contribution in [0.4, 0.5) is 5.69 Å².